The van der Waals surface area contributed by atoms with Gasteiger partial charge in [-0.3, -0.25) is 4.79 Å². The number of aliphatic hydroxyl groups excluding tert-OH is 2. The molecule has 2 fully saturated rings. The highest BCUT2D eigenvalue weighted by molar-refractivity contribution is 6.30. The van der Waals surface area contributed by atoms with Gasteiger partial charge in [-0.15, -0.1) is 0 Å². The lowest BCUT2D eigenvalue weighted by molar-refractivity contribution is -0.189. The number of carbonyl (C=O) groups is 2. The van der Waals surface area contributed by atoms with Gasteiger partial charge in [0, 0.05) is 56.5 Å². The van der Waals surface area contributed by atoms with Crippen molar-refractivity contribution in [1.29, 1.82) is 0 Å². The molecule has 2 atom stereocenters. The van der Waals surface area contributed by atoms with E-state index in [4.69, 9.17) is 21.1 Å². The van der Waals surface area contributed by atoms with Crippen molar-refractivity contribution < 1.29 is 47.2 Å². The molecule has 0 aliphatic carbocycles. The fourth-order valence-electron chi connectivity index (χ4n) is 5.84. The van der Waals surface area contributed by atoms with Crippen molar-refractivity contribution >= 4 is 23.5 Å². The first kappa shape index (κ1) is 30.4. The monoisotopic (exact) mass is 612 g/mol. The number of β-amino-alcohol motifs (C(OH)–C–C–N with tert-alkyl or cyclic N) is 1. The Labute approximate surface area is 245 Å². The van der Waals surface area contributed by atoms with Crippen LogP contribution in [0.1, 0.15) is 41.6 Å². The van der Waals surface area contributed by atoms with E-state index in [-0.39, 0.29) is 36.7 Å². The second kappa shape index (κ2) is 12.3. The number of halogens is 4. The van der Waals surface area contributed by atoms with Gasteiger partial charge in [0.1, 0.15) is 35.6 Å². The average Bonchev–Trinajstić information content (AvgIpc) is 3.56. The highest BCUT2D eigenvalue weighted by Gasteiger charge is 2.43. The number of carbonyl (C=O) groups excluding carboxylic acids is 2. The number of aliphatic hydroxyl groups is 2. The van der Waals surface area contributed by atoms with Crippen LogP contribution in [0.5, 0.6) is 17.2 Å². The molecule has 1 spiro atoms. The van der Waals surface area contributed by atoms with Gasteiger partial charge in [-0.05, 0) is 48.7 Å². The van der Waals surface area contributed by atoms with Crippen molar-refractivity contribution in [2.45, 2.75) is 56.0 Å². The quantitative estimate of drug-likeness (QED) is 0.344. The molecule has 13 heteroatoms. The summed E-state index contributed by atoms with van der Waals surface area (Å²) < 4.78 is 54.7. The molecule has 2 N–H and O–H groups in total. The second-order valence-corrected chi connectivity index (χ2v) is 11.4. The lowest BCUT2D eigenvalue weighted by Gasteiger charge is -2.39. The normalized spacial score (nSPS) is 20.7. The molecule has 0 unspecified atom stereocenters. The van der Waals surface area contributed by atoms with Crippen LogP contribution in [0, 0.1) is 0 Å². The van der Waals surface area contributed by atoms with Crippen LogP contribution in [0.4, 0.5) is 13.2 Å². The predicted octanol–water partition coefficient (Wildman–Crippen LogP) is 3.61. The number of rotatable bonds is 8. The number of alkyl halides is 3. The van der Waals surface area contributed by atoms with Crippen LogP contribution >= 0.6 is 11.6 Å². The third-order valence-corrected chi connectivity index (χ3v) is 8.24. The van der Waals surface area contributed by atoms with Gasteiger partial charge in [-0.1, -0.05) is 11.6 Å². The Balaban J connectivity index is 1.21. The van der Waals surface area contributed by atoms with E-state index in [0.29, 0.717) is 37.5 Å². The number of fused-ring (bicyclic) bond motifs is 1. The van der Waals surface area contributed by atoms with E-state index in [1.165, 1.54) is 11.0 Å². The van der Waals surface area contributed by atoms with Gasteiger partial charge in [0.25, 0.3) is 5.91 Å². The van der Waals surface area contributed by atoms with Crippen molar-refractivity contribution in [3.63, 3.8) is 0 Å². The molecule has 2 saturated heterocycles. The van der Waals surface area contributed by atoms with E-state index < -0.39 is 35.9 Å². The molecular formula is C29H32ClF3N2O7. The van der Waals surface area contributed by atoms with E-state index in [1.807, 2.05) is 12.1 Å². The molecule has 228 valence electrons. The minimum atomic E-state index is -5.21. The van der Waals surface area contributed by atoms with Crippen molar-refractivity contribution in [2.24, 2.45) is 0 Å². The van der Waals surface area contributed by atoms with Gasteiger partial charge in [0.2, 0.25) is 0 Å². The Morgan fingerprint density at radius 2 is 1.90 bits per heavy atom. The highest BCUT2D eigenvalue weighted by atomic mass is 35.5. The lowest BCUT2D eigenvalue weighted by atomic mass is 9.87. The van der Waals surface area contributed by atoms with Gasteiger partial charge in [0.15, 0.2) is 0 Å². The summed E-state index contributed by atoms with van der Waals surface area (Å²) in [6, 6.07) is 8.53. The molecule has 2 aromatic rings. The molecule has 0 aromatic heterocycles. The largest absolute Gasteiger partial charge is 0.491 e. The minimum Gasteiger partial charge on any atom is -0.490 e. The van der Waals surface area contributed by atoms with Crippen LogP contribution in [0.15, 0.2) is 36.4 Å². The van der Waals surface area contributed by atoms with Crippen molar-refractivity contribution in [1.82, 2.24) is 9.80 Å². The molecule has 1 amide bonds. The van der Waals surface area contributed by atoms with E-state index in [2.05, 4.69) is 9.64 Å². The average molecular weight is 613 g/mol. The van der Waals surface area contributed by atoms with Gasteiger partial charge in [-0.2, -0.15) is 13.2 Å². The van der Waals surface area contributed by atoms with Crippen LogP contribution in [-0.4, -0.2) is 95.2 Å². The number of piperidine rings is 1. The molecule has 2 aromatic carbocycles. The molecule has 5 rings (SSSR count). The van der Waals surface area contributed by atoms with E-state index >= 15 is 0 Å². The standard InChI is InChI=1S/C29H32ClF3N2O7/c30-19-3-6-24-18(12-19)14-28(42-24)7-10-34(11-8-28)15-21(37)17-40-25-13-22(41-27(39)29(31,32)33)4-5-23(25)26(38)35-9-1-2-20(35)16-36/h3-6,12-13,20-21,36-37H,1-2,7-11,14-17H2/t20-,21-/m0/s1. The summed E-state index contributed by atoms with van der Waals surface area (Å²) in [5.74, 6) is -2.64. The number of benzene rings is 2. The maximum absolute atomic E-state index is 13.3. The minimum absolute atomic E-state index is 0.0207. The zero-order chi connectivity index (χ0) is 30.1. The molecule has 3 aliphatic heterocycles. The Morgan fingerprint density at radius 3 is 2.62 bits per heavy atom. The number of esters is 1. The third kappa shape index (κ3) is 6.77. The molecule has 0 radical (unpaired) electrons. The second-order valence-electron chi connectivity index (χ2n) is 11.0. The van der Waals surface area contributed by atoms with Gasteiger partial charge in [-0.25, -0.2) is 4.79 Å². The summed E-state index contributed by atoms with van der Waals surface area (Å²) in [6.07, 6.45) is -2.62. The Morgan fingerprint density at radius 1 is 1.14 bits per heavy atom. The predicted molar refractivity (Wildman–Crippen MR) is 145 cm³/mol. The molecule has 0 bridgehead atoms. The molecule has 3 heterocycles. The third-order valence-electron chi connectivity index (χ3n) is 8.00. The Hall–Kier alpha value is -3.06. The smallest absolute Gasteiger partial charge is 0.490 e. The van der Waals surface area contributed by atoms with Crippen molar-refractivity contribution in [2.75, 3.05) is 39.4 Å². The summed E-state index contributed by atoms with van der Waals surface area (Å²) in [4.78, 5) is 28.2. The topological polar surface area (TPSA) is 109 Å². The fraction of sp³-hybridized carbons (Fsp3) is 0.517. The first-order valence-electron chi connectivity index (χ1n) is 13.8. The first-order chi connectivity index (χ1) is 20.0. The molecule has 42 heavy (non-hydrogen) atoms. The summed E-state index contributed by atoms with van der Waals surface area (Å²) in [5, 5.41) is 21.1. The lowest BCUT2D eigenvalue weighted by Crippen LogP contribution is -2.49. The van der Waals surface area contributed by atoms with Crippen LogP contribution in [0.3, 0.4) is 0 Å². The van der Waals surface area contributed by atoms with Crippen molar-refractivity contribution in [3.05, 3.63) is 52.5 Å². The van der Waals surface area contributed by atoms with Gasteiger partial charge >= 0.3 is 12.1 Å². The molecule has 0 saturated carbocycles. The molecule has 3 aliphatic rings. The van der Waals surface area contributed by atoms with Crippen LogP contribution in [0.2, 0.25) is 5.02 Å². The molecule has 9 nitrogen and oxygen atoms in total. The number of amides is 1. The SMILES string of the molecule is O=C(c1ccc(OC(=O)C(F)(F)F)cc1OC[C@@H](O)CN1CCC2(CC1)Cc1cc(Cl)ccc1O2)N1CCC[C@H]1CO. The van der Waals surface area contributed by atoms with Crippen LogP contribution in [-0.2, 0) is 11.2 Å². The Kier molecular flexibility index (Phi) is 8.89. The van der Waals surface area contributed by atoms with E-state index in [9.17, 15) is 33.0 Å². The summed E-state index contributed by atoms with van der Waals surface area (Å²) >= 11 is 6.13. The highest BCUT2D eigenvalue weighted by Crippen LogP contribution is 2.42. The summed E-state index contributed by atoms with van der Waals surface area (Å²) in [5.41, 5.74) is 0.792. The number of ether oxygens (including phenoxy) is 3. The van der Waals surface area contributed by atoms with Gasteiger partial charge in [0.05, 0.1) is 18.2 Å². The summed E-state index contributed by atoms with van der Waals surface area (Å²) in [6.45, 7) is 1.51. The number of hydrogen-bond donors (Lipinski definition) is 2. The fourth-order valence-corrected chi connectivity index (χ4v) is 6.03. The zero-order valence-electron chi connectivity index (χ0n) is 22.7. The Bertz CT molecular complexity index is 1320. The first-order valence-corrected chi connectivity index (χ1v) is 14.2. The maximum atomic E-state index is 13.3. The van der Waals surface area contributed by atoms with E-state index in [1.54, 1.807) is 6.07 Å². The maximum Gasteiger partial charge on any atom is 0.491 e. The number of hydrogen-bond acceptors (Lipinski definition) is 8. The van der Waals surface area contributed by atoms with Crippen LogP contribution in [0.25, 0.3) is 0 Å². The van der Waals surface area contributed by atoms with Crippen molar-refractivity contribution in [3.8, 4) is 17.2 Å². The molecular weight excluding hydrogens is 581 g/mol. The summed E-state index contributed by atoms with van der Waals surface area (Å²) in [7, 11) is 0. The number of likely N-dealkylation sites (tertiary alicyclic amines) is 2. The van der Waals surface area contributed by atoms with Crippen LogP contribution < -0.4 is 14.2 Å². The van der Waals surface area contributed by atoms with Gasteiger partial charge < -0.3 is 34.2 Å². The van der Waals surface area contributed by atoms with E-state index in [0.717, 1.165) is 42.7 Å². The zero-order valence-corrected chi connectivity index (χ0v) is 23.5. The number of nitrogens with zero attached hydrogens (tertiary/aromatic N) is 2.